The van der Waals surface area contributed by atoms with Crippen LogP contribution in [0.25, 0.3) is 11.3 Å². The van der Waals surface area contributed by atoms with Crippen molar-refractivity contribution in [1.29, 1.82) is 0 Å². The van der Waals surface area contributed by atoms with E-state index in [2.05, 4.69) is 25.6 Å². The lowest BCUT2D eigenvalue weighted by Crippen LogP contribution is -2.44. The van der Waals surface area contributed by atoms with Gasteiger partial charge in [-0.2, -0.15) is 15.2 Å². The zero-order chi connectivity index (χ0) is 22.0. The molecule has 2 aliphatic carbocycles. The van der Waals surface area contributed by atoms with Gasteiger partial charge in [0.15, 0.2) is 0 Å². The third-order valence-corrected chi connectivity index (χ3v) is 7.34. The van der Waals surface area contributed by atoms with Crippen molar-refractivity contribution in [3.63, 3.8) is 0 Å². The first kappa shape index (κ1) is 19.7. The molecule has 0 aromatic carbocycles. The molecule has 2 saturated carbocycles. The van der Waals surface area contributed by atoms with Gasteiger partial charge in [0.05, 0.1) is 40.9 Å². The number of aromatic amines is 1. The molecule has 0 saturated heterocycles. The fourth-order valence-electron chi connectivity index (χ4n) is 5.01. The van der Waals surface area contributed by atoms with Crippen LogP contribution in [-0.4, -0.2) is 53.1 Å². The third-order valence-electron chi connectivity index (χ3n) is 6.90. The summed E-state index contributed by atoms with van der Waals surface area (Å²) in [6.45, 7) is 0. The highest BCUT2D eigenvalue weighted by molar-refractivity contribution is 6.32. The van der Waals surface area contributed by atoms with Crippen LogP contribution in [0.4, 0.5) is 17.5 Å². The molecule has 3 N–H and O–H groups in total. The maximum atomic E-state index is 13.4. The molecule has 2 fully saturated rings. The molecule has 1 amide bonds. The largest absolute Gasteiger partial charge is 0.393 e. The molecule has 11 heteroatoms. The summed E-state index contributed by atoms with van der Waals surface area (Å²) in [4.78, 5) is 24.5. The second-order valence-electron chi connectivity index (χ2n) is 8.92. The summed E-state index contributed by atoms with van der Waals surface area (Å²) in [5.41, 5.74) is 2.47. The summed E-state index contributed by atoms with van der Waals surface area (Å²) in [5, 5.41) is 25.1. The van der Waals surface area contributed by atoms with Crippen molar-refractivity contribution in [3.8, 4) is 11.3 Å². The van der Waals surface area contributed by atoms with Crippen molar-refractivity contribution in [2.45, 2.75) is 56.1 Å². The lowest BCUT2D eigenvalue weighted by molar-refractivity contribution is -0.121. The fraction of sp³-hybridized carbons (Fsp3) is 0.476. The van der Waals surface area contributed by atoms with Crippen LogP contribution in [0.2, 0.25) is 5.15 Å². The lowest BCUT2D eigenvalue weighted by Gasteiger charge is -2.33. The first-order valence-electron chi connectivity index (χ1n) is 10.9. The first-order valence-corrected chi connectivity index (χ1v) is 11.2. The van der Waals surface area contributed by atoms with Crippen LogP contribution in [0.3, 0.4) is 0 Å². The monoisotopic (exact) mass is 454 g/mol. The SMILES string of the molecule is Cn1ncc(-c2[nH]ncc2Nc2ncc3c(n2)N([C@@H]2CCC[C@@H](O)C2)C(=O)C32CC2)c1Cl. The van der Waals surface area contributed by atoms with Gasteiger partial charge in [0, 0.05) is 24.8 Å². The van der Waals surface area contributed by atoms with Gasteiger partial charge in [-0.25, -0.2) is 4.98 Å². The molecule has 2 atom stereocenters. The Hall–Kier alpha value is -2.98. The third kappa shape index (κ3) is 2.86. The van der Waals surface area contributed by atoms with E-state index in [0.29, 0.717) is 40.3 Å². The minimum absolute atomic E-state index is 0.0357. The Labute approximate surface area is 189 Å². The van der Waals surface area contributed by atoms with E-state index in [1.165, 1.54) is 0 Å². The summed E-state index contributed by atoms with van der Waals surface area (Å²) < 4.78 is 1.57. The summed E-state index contributed by atoms with van der Waals surface area (Å²) in [5.74, 6) is 1.14. The number of aromatic nitrogens is 6. The van der Waals surface area contributed by atoms with E-state index in [1.807, 2.05) is 4.90 Å². The topological polar surface area (TPSA) is 125 Å². The molecule has 166 valence electrons. The Morgan fingerprint density at radius 1 is 1.28 bits per heavy atom. The number of rotatable bonds is 4. The Morgan fingerprint density at radius 3 is 2.84 bits per heavy atom. The van der Waals surface area contributed by atoms with E-state index < -0.39 is 5.41 Å². The number of H-pyrrole nitrogens is 1. The van der Waals surface area contributed by atoms with E-state index in [-0.39, 0.29) is 18.1 Å². The molecule has 3 aromatic heterocycles. The standard InChI is InChI=1S/C21H23ClN8O2/c1-29-17(22)13(8-25-29)16-15(10-24-28-16)26-20-23-9-14-18(27-20)30(19(32)21(14)5-6-21)11-3-2-4-12(31)7-11/h8-12,31H,2-7H2,1H3,(H,24,28)(H,23,26,27)/t11-,12-/m1/s1. The number of nitrogens with zero attached hydrogens (tertiary/aromatic N) is 6. The number of aliphatic hydroxyl groups excluding tert-OH is 1. The summed E-state index contributed by atoms with van der Waals surface area (Å²) >= 11 is 6.35. The van der Waals surface area contributed by atoms with Crippen LogP contribution >= 0.6 is 11.6 Å². The van der Waals surface area contributed by atoms with Crippen molar-refractivity contribution in [2.75, 3.05) is 10.2 Å². The van der Waals surface area contributed by atoms with Crippen molar-refractivity contribution in [2.24, 2.45) is 7.05 Å². The minimum atomic E-state index is -0.472. The number of hydrogen-bond acceptors (Lipinski definition) is 7. The van der Waals surface area contributed by atoms with Gasteiger partial charge >= 0.3 is 0 Å². The van der Waals surface area contributed by atoms with Crippen LogP contribution < -0.4 is 10.2 Å². The Kier molecular flexibility index (Phi) is 4.31. The maximum absolute atomic E-state index is 13.4. The number of aryl methyl sites for hydroxylation is 1. The van der Waals surface area contributed by atoms with Crippen LogP contribution in [0.1, 0.15) is 44.1 Å². The highest BCUT2D eigenvalue weighted by Crippen LogP contribution is 2.57. The number of halogens is 1. The molecule has 0 radical (unpaired) electrons. The molecule has 3 aromatic rings. The number of carbonyl (C=O) groups excluding carboxylic acids is 1. The number of amides is 1. The van der Waals surface area contributed by atoms with Crippen molar-refractivity contribution in [3.05, 3.63) is 29.3 Å². The molecule has 10 nitrogen and oxygen atoms in total. The number of anilines is 3. The summed E-state index contributed by atoms with van der Waals surface area (Å²) in [7, 11) is 1.76. The zero-order valence-electron chi connectivity index (χ0n) is 17.5. The Balaban J connectivity index is 1.35. The van der Waals surface area contributed by atoms with E-state index in [1.54, 1.807) is 30.3 Å². The van der Waals surface area contributed by atoms with Crippen molar-refractivity contribution in [1.82, 2.24) is 29.9 Å². The molecule has 6 rings (SSSR count). The average molecular weight is 455 g/mol. The molecule has 4 heterocycles. The Bertz CT molecular complexity index is 1220. The fourth-order valence-corrected chi connectivity index (χ4v) is 5.20. The van der Waals surface area contributed by atoms with Gasteiger partial charge in [-0.15, -0.1) is 0 Å². The number of hydrogen-bond donors (Lipinski definition) is 3. The van der Waals surface area contributed by atoms with Gasteiger partial charge in [0.1, 0.15) is 11.0 Å². The number of carbonyl (C=O) groups is 1. The van der Waals surface area contributed by atoms with Gasteiger partial charge in [0.2, 0.25) is 11.9 Å². The van der Waals surface area contributed by atoms with Crippen LogP contribution in [0, 0.1) is 0 Å². The van der Waals surface area contributed by atoms with Crippen molar-refractivity contribution < 1.29 is 9.90 Å². The second-order valence-corrected chi connectivity index (χ2v) is 9.28. The van der Waals surface area contributed by atoms with E-state index in [4.69, 9.17) is 16.6 Å². The smallest absolute Gasteiger partial charge is 0.239 e. The van der Waals surface area contributed by atoms with Gasteiger partial charge in [-0.3, -0.25) is 19.5 Å². The van der Waals surface area contributed by atoms with E-state index in [9.17, 15) is 9.90 Å². The number of aliphatic hydroxyl groups is 1. The second kappa shape index (κ2) is 7.01. The molecule has 0 bridgehead atoms. The first-order chi connectivity index (χ1) is 15.5. The quantitative estimate of drug-likeness (QED) is 0.553. The predicted octanol–water partition coefficient (Wildman–Crippen LogP) is 2.68. The van der Waals surface area contributed by atoms with Gasteiger partial charge in [-0.1, -0.05) is 11.6 Å². The van der Waals surface area contributed by atoms with Crippen LogP contribution in [-0.2, 0) is 17.3 Å². The average Bonchev–Trinajstić information content (AvgIpc) is 3.27. The molecule has 1 spiro atoms. The van der Waals surface area contributed by atoms with Gasteiger partial charge in [-0.05, 0) is 38.5 Å². The molecule has 1 aliphatic heterocycles. The highest BCUT2D eigenvalue weighted by Gasteiger charge is 2.61. The number of fused-ring (bicyclic) bond motifs is 2. The molecular formula is C21H23ClN8O2. The summed E-state index contributed by atoms with van der Waals surface area (Å²) in [6, 6.07) is -0.0357. The maximum Gasteiger partial charge on any atom is 0.239 e. The predicted molar refractivity (Wildman–Crippen MR) is 118 cm³/mol. The van der Waals surface area contributed by atoms with E-state index in [0.717, 1.165) is 37.7 Å². The van der Waals surface area contributed by atoms with Gasteiger partial charge < -0.3 is 10.4 Å². The lowest BCUT2D eigenvalue weighted by atomic mass is 9.92. The van der Waals surface area contributed by atoms with Gasteiger partial charge in [0.25, 0.3) is 0 Å². The molecule has 32 heavy (non-hydrogen) atoms. The van der Waals surface area contributed by atoms with Crippen LogP contribution in [0.15, 0.2) is 18.6 Å². The minimum Gasteiger partial charge on any atom is -0.393 e. The normalized spacial score (nSPS) is 23.6. The zero-order valence-corrected chi connectivity index (χ0v) is 18.3. The van der Waals surface area contributed by atoms with Crippen molar-refractivity contribution >= 4 is 35.0 Å². The summed E-state index contributed by atoms with van der Waals surface area (Å²) in [6.07, 6.45) is 9.48. The molecule has 3 aliphatic rings. The molecule has 0 unspecified atom stereocenters. The van der Waals surface area contributed by atoms with E-state index >= 15 is 0 Å². The molecular weight excluding hydrogens is 432 g/mol. The highest BCUT2D eigenvalue weighted by atomic mass is 35.5. The number of nitrogens with one attached hydrogen (secondary N) is 2. The Morgan fingerprint density at radius 2 is 2.12 bits per heavy atom. The van der Waals surface area contributed by atoms with Crippen LogP contribution in [0.5, 0.6) is 0 Å².